The van der Waals surface area contributed by atoms with E-state index >= 15 is 0 Å². The number of hydrogen-bond donors (Lipinski definition) is 1. The number of aryl methyl sites for hydroxylation is 2. The summed E-state index contributed by atoms with van der Waals surface area (Å²) in [6, 6.07) is 14.4. The van der Waals surface area contributed by atoms with Gasteiger partial charge in [-0.05, 0) is 36.8 Å². The molecule has 0 bridgehead atoms. The zero-order valence-electron chi connectivity index (χ0n) is 12.0. The van der Waals surface area contributed by atoms with Crippen molar-refractivity contribution >= 4 is 5.82 Å². The molecule has 2 aromatic carbocycles. The van der Waals surface area contributed by atoms with Crippen molar-refractivity contribution in [1.82, 2.24) is 9.78 Å². The van der Waals surface area contributed by atoms with Gasteiger partial charge in [-0.15, -0.1) is 0 Å². The minimum Gasteiger partial charge on any atom is -0.383 e. The SMILES string of the molecule is Cc1cccc(-c2c(-c3ccc(F)cc3)nn(C)c2N)c1. The molecule has 3 nitrogen and oxygen atoms in total. The lowest BCUT2D eigenvalue weighted by molar-refractivity contribution is 0.628. The first-order valence-corrected chi connectivity index (χ1v) is 6.71. The fourth-order valence-electron chi connectivity index (χ4n) is 2.43. The van der Waals surface area contributed by atoms with E-state index in [1.807, 2.05) is 32.2 Å². The lowest BCUT2D eigenvalue weighted by atomic mass is 9.99. The van der Waals surface area contributed by atoms with Crippen LogP contribution in [0.2, 0.25) is 0 Å². The second-order valence-corrected chi connectivity index (χ2v) is 5.11. The van der Waals surface area contributed by atoms with Crippen LogP contribution < -0.4 is 5.73 Å². The molecule has 21 heavy (non-hydrogen) atoms. The first kappa shape index (κ1) is 13.4. The van der Waals surface area contributed by atoms with Crippen molar-refractivity contribution in [3.8, 4) is 22.4 Å². The third-order valence-corrected chi connectivity index (χ3v) is 3.52. The van der Waals surface area contributed by atoms with Gasteiger partial charge in [-0.3, -0.25) is 4.68 Å². The predicted molar refractivity (Wildman–Crippen MR) is 83.2 cm³/mol. The van der Waals surface area contributed by atoms with Gasteiger partial charge in [0.1, 0.15) is 17.3 Å². The number of nitrogens with zero attached hydrogens (tertiary/aromatic N) is 2. The Kier molecular flexibility index (Phi) is 3.22. The highest BCUT2D eigenvalue weighted by molar-refractivity contribution is 5.88. The summed E-state index contributed by atoms with van der Waals surface area (Å²) in [6.45, 7) is 2.04. The Bertz CT molecular complexity index is 788. The molecule has 3 rings (SSSR count). The topological polar surface area (TPSA) is 43.8 Å². The summed E-state index contributed by atoms with van der Waals surface area (Å²) in [4.78, 5) is 0. The summed E-state index contributed by atoms with van der Waals surface area (Å²) in [5, 5.41) is 4.49. The Labute approximate surface area is 122 Å². The first-order valence-electron chi connectivity index (χ1n) is 6.71. The quantitative estimate of drug-likeness (QED) is 0.776. The van der Waals surface area contributed by atoms with Crippen LogP contribution in [0, 0.1) is 12.7 Å². The van der Waals surface area contributed by atoms with Crippen LogP contribution in [-0.2, 0) is 7.05 Å². The molecular weight excluding hydrogens is 265 g/mol. The molecule has 4 heteroatoms. The monoisotopic (exact) mass is 281 g/mol. The molecule has 0 aliphatic rings. The van der Waals surface area contributed by atoms with Gasteiger partial charge in [-0.2, -0.15) is 5.10 Å². The van der Waals surface area contributed by atoms with Crippen molar-refractivity contribution in [2.75, 3.05) is 5.73 Å². The van der Waals surface area contributed by atoms with E-state index in [0.717, 1.165) is 27.9 Å². The first-order chi connectivity index (χ1) is 10.1. The summed E-state index contributed by atoms with van der Waals surface area (Å²) in [5.41, 5.74) is 10.8. The van der Waals surface area contributed by atoms with Crippen molar-refractivity contribution < 1.29 is 4.39 Å². The molecule has 0 amide bonds. The minimum atomic E-state index is -0.264. The largest absolute Gasteiger partial charge is 0.383 e. The van der Waals surface area contributed by atoms with E-state index in [0.29, 0.717) is 5.82 Å². The smallest absolute Gasteiger partial charge is 0.129 e. The van der Waals surface area contributed by atoms with Crippen LogP contribution in [0.15, 0.2) is 48.5 Å². The Morgan fingerprint density at radius 1 is 1.05 bits per heavy atom. The fraction of sp³-hybridized carbons (Fsp3) is 0.118. The molecule has 0 fully saturated rings. The fourth-order valence-corrected chi connectivity index (χ4v) is 2.43. The normalized spacial score (nSPS) is 10.8. The average molecular weight is 281 g/mol. The third-order valence-electron chi connectivity index (χ3n) is 3.52. The number of rotatable bonds is 2. The maximum Gasteiger partial charge on any atom is 0.129 e. The van der Waals surface area contributed by atoms with Gasteiger partial charge in [0.25, 0.3) is 0 Å². The predicted octanol–water partition coefficient (Wildman–Crippen LogP) is 3.78. The van der Waals surface area contributed by atoms with Crippen LogP contribution in [0.1, 0.15) is 5.56 Å². The molecule has 0 spiro atoms. The molecule has 1 aromatic heterocycles. The lowest BCUT2D eigenvalue weighted by Gasteiger charge is -2.05. The number of halogens is 1. The van der Waals surface area contributed by atoms with Crippen molar-refractivity contribution in [3.05, 3.63) is 59.9 Å². The number of nitrogens with two attached hydrogens (primary N) is 1. The van der Waals surface area contributed by atoms with Crippen LogP contribution in [0.25, 0.3) is 22.4 Å². The van der Waals surface area contributed by atoms with Crippen molar-refractivity contribution in [1.29, 1.82) is 0 Å². The summed E-state index contributed by atoms with van der Waals surface area (Å²) < 4.78 is 14.8. The highest BCUT2D eigenvalue weighted by Gasteiger charge is 2.17. The molecule has 0 unspecified atom stereocenters. The zero-order chi connectivity index (χ0) is 15.0. The highest BCUT2D eigenvalue weighted by atomic mass is 19.1. The van der Waals surface area contributed by atoms with Crippen molar-refractivity contribution in [2.45, 2.75) is 6.92 Å². The Hall–Kier alpha value is -2.62. The Balaban J connectivity index is 2.23. The van der Waals surface area contributed by atoms with Crippen LogP contribution in [0.3, 0.4) is 0 Å². The van der Waals surface area contributed by atoms with Gasteiger partial charge in [0, 0.05) is 12.6 Å². The van der Waals surface area contributed by atoms with E-state index in [4.69, 9.17) is 5.73 Å². The Morgan fingerprint density at radius 3 is 2.43 bits per heavy atom. The summed E-state index contributed by atoms with van der Waals surface area (Å²) in [7, 11) is 1.81. The van der Waals surface area contributed by atoms with Gasteiger partial charge < -0.3 is 5.73 Å². The summed E-state index contributed by atoms with van der Waals surface area (Å²) in [6.07, 6.45) is 0. The third kappa shape index (κ3) is 2.40. The molecule has 0 aliphatic carbocycles. The number of anilines is 1. The Morgan fingerprint density at radius 2 is 1.76 bits per heavy atom. The van der Waals surface area contributed by atoms with Crippen molar-refractivity contribution in [3.63, 3.8) is 0 Å². The van der Waals surface area contributed by atoms with Gasteiger partial charge in [-0.25, -0.2) is 4.39 Å². The number of hydrogen-bond acceptors (Lipinski definition) is 2. The molecule has 0 aliphatic heterocycles. The molecule has 1 heterocycles. The van der Waals surface area contributed by atoms with Gasteiger partial charge in [0.2, 0.25) is 0 Å². The second kappa shape index (κ2) is 5.05. The molecule has 2 N–H and O–H groups in total. The second-order valence-electron chi connectivity index (χ2n) is 5.11. The number of nitrogen functional groups attached to an aromatic ring is 1. The zero-order valence-corrected chi connectivity index (χ0v) is 12.0. The standard InChI is InChI=1S/C17H16FN3/c1-11-4-3-5-13(10-11)15-16(20-21(2)17(15)19)12-6-8-14(18)9-7-12/h3-10H,19H2,1-2H3. The molecule has 0 radical (unpaired) electrons. The van der Waals surface area contributed by atoms with Crippen LogP contribution in [-0.4, -0.2) is 9.78 Å². The molecule has 106 valence electrons. The lowest BCUT2D eigenvalue weighted by Crippen LogP contribution is -1.98. The molecular formula is C17H16FN3. The van der Waals surface area contributed by atoms with E-state index in [2.05, 4.69) is 11.2 Å². The van der Waals surface area contributed by atoms with Gasteiger partial charge in [-0.1, -0.05) is 29.8 Å². The van der Waals surface area contributed by atoms with Gasteiger partial charge in [0.15, 0.2) is 0 Å². The number of benzene rings is 2. The number of aromatic nitrogens is 2. The maximum atomic E-state index is 13.1. The molecule has 0 atom stereocenters. The minimum absolute atomic E-state index is 0.264. The maximum absolute atomic E-state index is 13.1. The van der Waals surface area contributed by atoms with Crippen LogP contribution in [0.4, 0.5) is 10.2 Å². The van der Waals surface area contributed by atoms with E-state index in [1.54, 1.807) is 16.8 Å². The van der Waals surface area contributed by atoms with E-state index in [-0.39, 0.29) is 5.82 Å². The van der Waals surface area contributed by atoms with Crippen LogP contribution in [0.5, 0.6) is 0 Å². The summed E-state index contributed by atoms with van der Waals surface area (Å²) >= 11 is 0. The van der Waals surface area contributed by atoms with E-state index in [1.165, 1.54) is 12.1 Å². The summed E-state index contributed by atoms with van der Waals surface area (Å²) in [5.74, 6) is 0.333. The van der Waals surface area contributed by atoms with E-state index < -0.39 is 0 Å². The van der Waals surface area contributed by atoms with Crippen molar-refractivity contribution in [2.24, 2.45) is 7.05 Å². The molecule has 0 saturated carbocycles. The van der Waals surface area contributed by atoms with Crippen LogP contribution >= 0.6 is 0 Å². The molecule has 0 saturated heterocycles. The van der Waals surface area contributed by atoms with Gasteiger partial charge >= 0.3 is 0 Å². The van der Waals surface area contributed by atoms with E-state index in [9.17, 15) is 4.39 Å². The average Bonchev–Trinajstić information content (AvgIpc) is 2.76. The van der Waals surface area contributed by atoms with Gasteiger partial charge in [0.05, 0.1) is 5.56 Å². The molecule has 3 aromatic rings. The highest BCUT2D eigenvalue weighted by Crippen LogP contribution is 2.36.